The van der Waals surface area contributed by atoms with E-state index in [9.17, 15) is 4.79 Å². The normalized spacial score (nSPS) is 20.4. The van der Waals surface area contributed by atoms with Crippen molar-refractivity contribution >= 4 is 17.9 Å². The van der Waals surface area contributed by atoms with Crippen molar-refractivity contribution in [1.82, 2.24) is 10.2 Å². The van der Waals surface area contributed by atoms with Gasteiger partial charge in [-0.3, -0.25) is 0 Å². The van der Waals surface area contributed by atoms with Crippen LogP contribution >= 0.6 is 11.8 Å². The standard InChI is InChI=1S/C14H28N2O2S/c1-14(2,3)18-13(17)16-9-6-5-7-12(16)11-15-8-10-19-4/h12,15H,5-11H2,1-4H3. The van der Waals surface area contributed by atoms with Gasteiger partial charge in [-0.2, -0.15) is 11.8 Å². The van der Waals surface area contributed by atoms with Crippen LogP contribution in [0, 0.1) is 0 Å². The Kier molecular flexibility index (Phi) is 7.00. The summed E-state index contributed by atoms with van der Waals surface area (Å²) in [5.74, 6) is 1.11. The molecule has 1 amide bonds. The molecule has 19 heavy (non-hydrogen) atoms. The third-order valence-electron chi connectivity index (χ3n) is 3.12. The lowest BCUT2D eigenvalue weighted by Gasteiger charge is -2.36. The number of carbonyl (C=O) groups excluding carboxylic acids is 1. The van der Waals surface area contributed by atoms with Crippen LogP contribution in [-0.4, -0.2) is 54.3 Å². The molecule has 1 atom stereocenters. The van der Waals surface area contributed by atoms with Crippen LogP contribution in [0.3, 0.4) is 0 Å². The minimum Gasteiger partial charge on any atom is -0.444 e. The lowest BCUT2D eigenvalue weighted by atomic mass is 10.0. The Morgan fingerprint density at radius 2 is 2.16 bits per heavy atom. The molecule has 112 valence electrons. The Labute approximate surface area is 121 Å². The van der Waals surface area contributed by atoms with Crippen LogP contribution in [0.1, 0.15) is 40.0 Å². The molecule has 1 unspecified atom stereocenters. The van der Waals surface area contributed by atoms with Gasteiger partial charge >= 0.3 is 6.09 Å². The monoisotopic (exact) mass is 288 g/mol. The number of rotatable bonds is 5. The summed E-state index contributed by atoms with van der Waals surface area (Å²) >= 11 is 1.84. The molecule has 0 aromatic rings. The van der Waals surface area contributed by atoms with Gasteiger partial charge in [-0.15, -0.1) is 0 Å². The molecule has 0 saturated carbocycles. The predicted molar refractivity (Wildman–Crippen MR) is 81.8 cm³/mol. The number of amides is 1. The predicted octanol–water partition coefficient (Wildman–Crippen LogP) is 2.73. The summed E-state index contributed by atoms with van der Waals surface area (Å²) in [4.78, 5) is 14.1. The van der Waals surface area contributed by atoms with E-state index >= 15 is 0 Å². The van der Waals surface area contributed by atoms with E-state index in [-0.39, 0.29) is 12.1 Å². The number of thioether (sulfide) groups is 1. The maximum absolute atomic E-state index is 12.2. The van der Waals surface area contributed by atoms with Gasteiger partial charge < -0.3 is 15.0 Å². The van der Waals surface area contributed by atoms with Crippen LogP contribution in [0.5, 0.6) is 0 Å². The highest BCUT2D eigenvalue weighted by Crippen LogP contribution is 2.19. The van der Waals surface area contributed by atoms with Gasteiger partial charge in [0.1, 0.15) is 5.60 Å². The Bertz CT molecular complexity index is 279. The molecule has 0 spiro atoms. The molecular weight excluding hydrogens is 260 g/mol. The molecule has 0 aromatic heterocycles. The third-order valence-corrected chi connectivity index (χ3v) is 3.73. The largest absolute Gasteiger partial charge is 0.444 e. The van der Waals surface area contributed by atoms with Gasteiger partial charge in [-0.1, -0.05) is 0 Å². The highest BCUT2D eigenvalue weighted by atomic mass is 32.2. The molecule has 0 aliphatic carbocycles. The second-order valence-corrected chi connectivity index (χ2v) is 7.01. The van der Waals surface area contributed by atoms with Crippen LogP contribution in [0.25, 0.3) is 0 Å². The topological polar surface area (TPSA) is 41.6 Å². The number of likely N-dealkylation sites (tertiary alicyclic amines) is 1. The number of hydrogen-bond acceptors (Lipinski definition) is 4. The molecule has 1 heterocycles. The van der Waals surface area contributed by atoms with E-state index in [0.29, 0.717) is 0 Å². The van der Waals surface area contributed by atoms with E-state index < -0.39 is 5.60 Å². The molecule has 1 fully saturated rings. The van der Waals surface area contributed by atoms with Gasteiger partial charge in [0.25, 0.3) is 0 Å². The molecule has 1 rings (SSSR count). The molecule has 0 aromatic carbocycles. The fraction of sp³-hybridized carbons (Fsp3) is 0.929. The summed E-state index contributed by atoms with van der Waals surface area (Å²) in [7, 11) is 0. The summed E-state index contributed by atoms with van der Waals surface area (Å²) in [5, 5.41) is 3.43. The van der Waals surface area contributed by atoms with E-state index in [4.69, 9.17) is 4.74 Å². The SMILES string of the molecule is CSCCNCC1CCCCN1C(=O)OC(C)(C)C. The zero-order chi connectivity index (χ0) is 14.3. The minimum atomic E-state index is -0.411. The third kappa shape index (κ3) is 6.52. The lowest BCUT2D eigenvalue weighted by Crippen LogP contribution is -2.50. The first-order valence-electron chi connectivity index (χ1n) is 7.13. The second-order valence-electron chi connectivity index (χ2n) is 6.02. The molecule has 1 aliphatic heterocycles. The molecule has 1 saturated heterocycles. The zero-order valence-electron chi connectivity index (χ0n) is 12.7. The smallest absolute Gasteiger partial charge is 0.410 e. The van der Waals surface area contributed by atoms with Gasteiger partial charge in [0.2, 0.25) is 0 Å². The van der Waals surface area contributed by atoms with Gasteiger partial charge in [0, 0.05) is 31.4 Å². The quantitative estimate of drug-likeness (QED) is 0.790. The molecular formula is C14H28N2O2S. The van der Waals surface area contributed by atoms with Crippen LogP contribution in [-0.2, 0) is 4.74 Å². The first-order chi connectivity index (χ1) is 8.94. The van der Waals surface area contributed by atoms with E-state index in [1.54, 1.807) is 0 Å². The number of hydrogen-bond donors (Lipinski definition) is 1. The Morgan fingerprint density at radius 3 is 2.79 bits per heavy atom. The minimum absolute atomic E-state index is 0.163. The van der Waals surface area contributed by atoms with Crippen molar-refractivity contribution in [1.29, 1.82) is 0 Å². The number of piperidine rings is 1. The van der Waals surface area contributed by atoms with E-state index in [1.165, 1.54) is 6.42 Å². The summed E-state index contributed by atoms with van der Waals surface area (Å²) in [6, 6.07) is 0.283. The first-order valence-corrected chi connectivity index (χ1v) is 8.52. The fourth-order valence-electron chi connectivity index (χ4n) is 2.22. The van der Waals surface area contributed by atoms with Crippen LogP contribution in [0.2, 0.25) is 0 Å². The maximum Gasteiger partial charge on any atom is 0.410 e. The lowest BCUT2D eigenvalue weighted by molar-refractivity contribution is 0.0100. The molecule has 5 heteroatoms. The Morgan fingerprint density at radius 1 is 1.42 bits per heavy atom. The maximum atomic E-state index is 12.2. The average Bonchev–Trinajstić information content (AvgIpc) is 2.33. The van der Waals surface area contributed by atoms with Crippen molar-refractivity contribution in [3.05, 3.63) is 0 Å². The highest BCUT2D eigenvalue weighted by Gasteiger charge is 2.29. The van der Waals surface area contributed by atoms with Crippen LogP contribution < -0.4 is 5.32 Å². The average molecular weight is 288 g/mol. The number of nitrogens with zero attached hydrogens (tertiary/aromatic N) is 1. The fourth-order valence-corrected chi connectivity index (χ4v) is 2.57. The Balaban J connectivity index is 2.45. The van der Waals surface area contributed by atoms with E-state index in [1.807, 2.05) is 37.4 Å². The number of nitrogens with one attached hydrogen (secondary N) is 1. The number of ether oxygens (including phenoxy) is 1. The van der Waals surface area contributed by atoms with Crippen molar-refractivity contribution < 1.29 is 9.53 Å². The van der Waals surface area contributed by atoms with Crippen molar-refractivity contribution in [3.8, 4) is 0 Å². The van der Waals surface area contributed by atoms with E-state index in [0.717, 1.165) is 38.2 Å². The zero-order valence-corrected chi connectivity index (χ0v) is 13.5. The van der Waals surface area contributed by atoms with Crippen LogP contribution in [0.4, 0.5) is 4.79 Å². The van der Waals surface area contributed by atoms with Crippen molar-refractivity contribution in [2.45, 2.75) is 51.7 Å². The van der Waals surface area contributed by atoms with Gasteiger partial charge in [0.15, 0.2) is 0 Å². The number of carbonyl (C=O) groups is 1. The van der Waals surface area contributed by atoms with Crippen molar-refractivity contribution in [2.75, 3.05) is 31.6 Å². The molecule has 0 radical (unpaired) electrons. The van der Waals surface area contributed by atoms with Crippen molar-refractivity contribution in [2.24, 2.45) is 0 Å². The molecule has 0 bridgehead atoms. The molecule has 1 N–H and O–H groups in total. The highest BCUT2D eigenvalue weighted by molar-refractivity contribution is 7.98. The van der Waals surface area contributed by atoms with Gasteiger partial charge in [0.05, 0.1) is 0 Å². The summed E-state index contributed by atoms with van der Waals surface area (Å²) < 4.78 is 5.49. The first kappa shape index (κ1) is 16.6. The summed E-state index contributed by atoms with van der Waals surface area (Å²) in [6.07, 6.45) is 5.30. The second kappa shape index (κ2) is 8.00. The van der Waals surface area contributed by atoms with Crippen LogP contribution in [0.15, 0.2) is 0 Å². The molecule has 4 nitrogen and oxygen atoms in total. The Hall–Kier alpha value is -0.420. The van der Waals surface area contributed by atoms with Gasteiger partial charge in [-0.05, 0) is 46.3 Å². The molecule has 1 aliphatic rings. The van der Waals surface area contributed by atoms with Crippen molar-refractivity contribution in [3.63, 3.8) is 0 Å². The van der Waals surface area contributed by atoms with E-state index in [2.05, 4.69) is 11.6 Å². The summed E-state index contributed by atoms with van der Waals surface area (Å²) in [6.45, 7) is 8.45. The van der Waals surface area contributed by atoms with Gasteiger partial charge in [-0.25, -0.2) is 4.79 Å². The summed E-state index contributed by atoms with van der Waals surface area (Å²) in [5.41, 5.74) is -0.411.